The third-order valence-corrected chi connectivity index (χ3v) is 4.21. The lowest BCUT2D eigenvalue weighted by atomic mass is 9.87. The van der Waals surface area contributed by atoms with Gasteiger partial charge in [-0.2, -0.15) is 0 Å². The van der Waals surface area contributed by atoms with Gasteiger partial charge in [0.15, 0.2) is 0 Å². The predicted molar refractivity (Wildman–Crippen MR) is 81.5 cm³/mol. The normalized spacial score (nSPS) is 23.1. The van der Waals surface area contributed by atoms with Crippen LogP contribution in [0.3, 0.4) is 0 Å². The van der Waals surface area contributed by atoms with E-state index in [0.29, 0.717) is 6.54 Å². The Labute approximate surface area is 124 Å². The minimum Gasteiger partial charge on any atom is -0.391 e. The molecule has 0 aliphatic carbocycles. The van der Waals surface area contributed by atoms with Gasteiger partial charge in [-0.05, 0) is 36.2 Å². The molecule has 0 spiro atoms. The Hall–Kier alpha value is -1.71. The van der Waals surface area contributed by atoms with Gasteiger partial charge in [-0.15, -0.1) is 0 Å². The van der Waals surface area contributed by atoms with Gasteiger partial charge in [-0.25, -0.2) is 4.39 Å². The van der Waals surface area contributed by atoms with Crippen LogP contribution in [-0.2, 0) is 6.54 Å². The molecule has 0 radical (unpaired) electrons. The van der Waals surface area contributed by atoms with Crippen LogP contribution in [0.2, 0.25) is 0 Å². The minimum absolute atomic E-state index is 0.109. The zero-order valence-electron chi connectivity index (χ0n) is 12.0. The first-order valence-corrected chi connectivity index (χ1v) is 7.42. The summed E-state index contributed by atoms with van der Waals surface area (Å²) in [7, 11) is 0. The highest BCUT2D eigenvalue weighted by Crippen LogP contribution is 2.29. The van der Waals surface area contributed by atoms with Crippen LogP contribution in [0, 0.1) is 5.82 Å². The molecular formula is C18H20FNO. The van der Waals surface area contributed by atoms with Gasteiger partial charge in [0, 0.05) is 19.0 Å². The van der Waals surface area contributed by atoms with Gasteiger partial charge >= 0.3 is 0 Å². The summed E-state index contributed by atoms with van der Waals surface area (Å²) in [5.41, 5.74) is 2.30. The first-order chi connectivity index (χ1) is 10.2. The van der Waals surface area contributed by atoms with E-state index >= 15 is 0 Å². The van der Waals surface area contributed by atoms with Gasteiger partial charge in [0.25, 0.3) is 0 Å². The van der Waals surface area contributed by atoms with Crippen molar-refractivity contribution in [3.8, 4) is 0 Å². The summed E-state index contributed by atoms with van der Waals surface area (Å²) >= 11 is 0. The lowest BCUT2D eigenvalue weighted by Gasteiger charge is -2.36. The number of benzene rings is 2. The molecule has 2 aromatic rings. The van der Waals surface area contributed by atoms with Crippen molar-refractivity contribution in [1.82, 2.24) is 4.90 Å². The molecule has 1 N–H and O–H groups in total. The maximum Gasteiger partial charge on any atom is 0.123 e. The van der Waals surface area contributed by atoms with Crippen molar-refractivity contribution in [3.05, 3.63) is 71.5 Å². The highest BCUT2D eigenvalue weighted by molar-refractivity contribution is 5.23. The van der Waals surface area contributed by atoms with Gasteiger partial charge in [-0.1, -0.05) is 42.5 Å². The van der Waals surface area contributed by atoms with Crippen LogP contribution in [0.25, 0.3) is 0 Å². The quantitative estimate of drug-likeness (QED) is 0.936. The number of aliphatic hydroxyl groups is 1. The predicted octanol–water partition coefficient (Wildman–Crippen LogP) is 3.18. The third kappa shape index (κ3) is 3.49. The van der Waals surface area contributed by atoms with Crippen molar-refractivity contribution in [3.63, 3.8) is 0 Å². The Morgan fingerprint density at radius 2 is 1.76 bits per heavy atom. The van der Waals surface area contributed by atoms with Crippen molar-refractivity contribution in [2.24, 2.45) is 0 Å². The fraction of sp³-hybridized carbons (Fsp3) is 0.333. The maximum absolute atomic E-state index is 13.0. The number of halogens is 1. The molecule has 110 valence electrons. The number of nitrogens with zero attached hydrogens (tertiary/aromatic N) is 1. The van der Waals surface area contributed by atoms with E-state index in [9.17, 15) is 9.50 Å². The third-order valence-electron chi connectivity index (χ3n) is 4.21. The smallest absolute Gasteiger partial charge is 0.123 e. The Morgan fingerprint density at radius 3 is 2.43 bits per heavy atom. The minimum atomic E-state index is -0.395. The summed E-state index contributed by atoms with van der Waals surface area (Å²) in [6.45, 7) is 2.49. The molecule has 21 heavy (non-hydrogen) atoms. The SMILES string of the molecule is O[C@H]1CN(Cc2ccccc2)CC[C@H]1c1ccc(F)cc1. The number of hydrogen-bond donors (Lipinski definition) is 1. The topological polar surface area (TPSA) is 23.5 Å². The highest BCUT2D eigenvalue weighted by atomic mass is 19.1. The Kier molecular flexibility index (Phi) is 4.32. The monoisotopic (exact) mass is 285 g/mol. The fourth-order valence-corrected chi connectivity index (χ4v) is 3.08. The number of rotatable bonds is 3. The van der Waals surface area contributed by atoms with Crippen molar-refractivity contribution in [1.29, 1.82) is 0 Å². The highest BCUT2D eigenvalue weighted by Gasteiger charge is 2.28. The lowest BCUT2D eigenvalue weighted by Crippen LogP contribution is -2.42. The van der Waals surface area contributed by atoms with Crippen LogP contribution >= 0.6 is 0 Å². The first-order valence-electron chi connectivity index (χ1n) is 7.42. The molecular weight excluding hydrogens is 265 g/mol. The second-order valence-corrected chi connectivity index (χ2v) is 5.73. The summed E-state index contributed by atoms with van der Waals surface area (Å²) < 4.78 is 13.0. The van der Waals surface area contributed by atoms with Gasteiger partial charge in [0.1, 0.15) is 5.82 Å². The van der Waals surface area contributed by atoms with Crippen LogP contribution in [0.15, 0.2) is 54.6 Å². The zero-order valence-corrected chi connectivity index (χ0v) is 12.0. The van der Waals surface area contributed by atoms with E-state index in [4.69, 9.17) is 0 Å². The molecule has 2 aromatic carbocycles. The van der Waals surface area contributed by atoms with Crippen molar-refractivity contribution < 1.29 is 9.50 Å². The molecule has 0 unspecified atom stereocenters. The molecule has 3 rings (SSSR count). The van der Waals surface area contributed by atoms with E-state index in [0.717, 1.165) is 25.1 Å². The fourth-order valence-electron chi connectivity index (χ4n) is 3.08. The number of hydrogen-bond acceptors (Lipinski definition) is 2. The molecule has 0 bridgehead atoms. The number of likely N-dealkylation sites (tertiary alicyclic amines) is 1. The summed E-state index contributed by atoms with van der Waals surface area (Å²) in [4.78, 5) is 2.28. The van der Waals surface area contributed by atoms with Crippen molar-refractivity contribution >= 4 is 0 Å². The van der Waals surface area contributed by atoms with Crippen LogP contribution in [-0.4, -0.2) is 29.2 Å². The van der Waals surface area contributed by atoms with E-state index in [1.54, 1.807) is 12.1 Å². The average Bonchev–Trinajstić information content (AvgIpc) is 2.50. The molecule has 3 heteroatoms. The first kappa shape index (κ1) is 14.2. The van der Waals surface area contributed by atoms with E-state index in [2.05, 4.69) is 17.0 Å². The molecule has 2 atom stereocenters. The van der Waals surface area contributed by atoms with Crippen molar-refractivity contribution in [2.75, 3.05) is 13.1 Å². The second kappa shape index (κ2) is 6.37. The Morgan fingerprint density at radius 1 is 1.05 bits per heavy atom. The number of piperidine rings is 1. The molecule has 1 saturated heterocycles. The maximum atomic E-state index is 13.0. The largest absolute Gasteiger partial charge is 0.391 e. The van der Waals surface area contributed by atoms with Gasteiger partial charge in [0.2, 0.25) is 0 Å². The molecule has 1 aliphatic rings. The summed E-state index contributed by atoms with van der Waals surface area (Å²) in [6.07, 6.45) is 0.507. The number of β-amino-alcohol motifs (C(OH)–C–C–N with tert-alkyl or cyclic N) is 1. The standard InChI is InChI=1S/C18H20FNO/c19-16-8-6-15(7-9-16)17-10-11-20(13-18(17)21)12-14-4-2-1-3-5-14/h1-9,17-18,21H,10-13H2/t17-,18-/m0/s1. The molecule has 1 fully saturated rings. The van der Waals surface area contributed by atoms with Gasteiger partial charge in [-0.3, -0.25) is 4.90 Å². The van der Waals surface area contributed by atoms with Crippen LogP contribution in [0.5, 0.6) is 0 Å². The molecule has 1 aliphatic heterocycles. The van der Waals surface area contributed by atoms with Crippen LogP contribution < -0.4 is 0 Å². The second-order valence-electron chi connectivity index (χ2n) is 5.73. The van der Waals surface area contributed by atoms with E-state index in [1.165, 1.54) is 17.7 Å². The van der Waals surface area contributed by atoms with E-state index in [1.807, 2.05) is 18.2 Å². The van der Waals surface area contributed by atoms with Gasteiger partial charge in [0.05, 0.1) is 6.10 Å². The lowest BCUT2D eigenvalue weighted by molar-refractivity contribution is 0.0476. The Bertz CT molecular complexity index is 570. The average molecular weight is 285 g/mol. The van der Waals surface area contributed by atoms with Crippen LogP contribution in [0.1, 0.15) is 23.5 Å². The van der Waals surface area contributed by atoms with Crippen LogP contribution in [0.4, 0.5) is 4.39 Å². The molecule has 1 heterocycles. The number of aliphatic hydroxyl groups excluding tert-OH is 1. The molecule has 0 amide bonds. The summed E-state index contributed by atoms with van der Waals surface area (Å²) in [5, 5.41) is 10.4. The van der Waals surface area contributed by atoms with Gasteiger partial charge < -0.3 is 5.11 Å². The molecule has 2 nitrogen and oxygen atoms in total. The summed E-state index contributed by atoms with van der Waals surface area (Å²) in [5.74, 6) is -0.118. The van der Waals surface area contributed by atoms with Crippen molar-refractivity contribution in [2.45, 2.75) is 25.0 Å². The zero-order chi connectivity index (χ0) is 14.7. The van der Waals surface area contributed by atoms with E-state index in [-0.39, 0.29) is 11.7 Å². The van der Waals surface area contributed by atoms with E-state index < -0.39 is 6.10 Å². The summed E-state index contributed by atoms with van der Waals surface area (Å²) in [6, 6.07) is 16.8. The Balaban J connectivity index is 1.63. The molecule has 0 saturated carbocycles. The molecule has 0 aromatic heterocycles.